The Balaban J connectivity index is 1.95. The largest absolute Gasteiger partial charge is 0.478 e. The number of aromatic nitrogens is 1. The van der Waals surface area contributed by atoms with Gasteiger partial charge in [0.25, 0.3) is 5.91 Å². The number of aromatic carboxylic acids is 1. The Kier molecular flexibility index (Phi) is 3.64. The smallest absolute Gasteiger partial charge is 0.337 e. The van der Waals surface area contributed by atoms with Crippen LogP contribution in [0.5, 0.6) is 0 Å². The molecule has 0 saturated carbocycles. The highest BCUT2D eigenvalue weighted by molar-refractivity contribution is 6.09. The van der Waals surface area contributed by atoms with Gasteiger partial charge in [-0.2, -0.15) is 5.26 Å². The van der Waals surface area contributed by atoms with Crippen molar-refractivity contribution in [2.45, 2.75) is 0 Å². The average Bonchev–Trinajstić information content (AvgIpc) is 3.01. The monoisotopic (exact) mass is 320 g/mol. The van der Waals surface area contributed by atoms with Crippen LogP contribution in [-0.4, -0.2) is 22.0 Å². The minimum atomic E-state index is -1.23. The summed E-state index contributed by atoms with van der Waals surface area (Å²) in [4.78, 5) is 26.6. The second-order valence-corrected chi connectivity index (χ2v) is 5.13. The van der Waals surface area contributed by atoms with Crippen molar-refractivity contribution in [3.63, 3.8) is 0 Å². The van der Waals surface area contributed by atoms with Gasteiger partial charge in [-0.3, -0.25) is 4.79 Å². The molecule has 0 atom stereocenters. The van der Waals surface area contributed by atoms with Crippen molar-refractivity contribution >= 4 is 34.2 Å². The van der Waals surface area contributed by atoms with Crippen LogP contribution in [0.25, 0.3) is 10.9 Å². The Morgan fingerprint density at radius 1 is 1.21 bits per heavy atom. The maximum atomic E-state index is 12.4. The molecule has 3 aromatic rings. The van der Waals surface area contributed by atoms with E-state index in [4.69, 9.17) is 11.0 Å². The second-order valence-electron chi connectivity index (χ2n) is 5.13. The van der Waals surface area contributed by atoms with Gasteiger partial charge in [0.05, 0.1) is 34.1 Å². The van der Waals surface area contributed by atoms with Crippen molar-refractivity contribution in [3.05, 3.63) is 59.3 Å². The number of benzene rings is 2. The maximum Gasteiger partial charge on any atom is 0.337 e. The highest BCUT2D eigenvalue weighted by atomic mass is 16.4. The summed E-state index contributed by atoms with van der Waals surface area (Å²) < 4.78 is 0. The molecule has 0 fully saturated rings. The molecule has 0 aliphatic heterocycles. The highest BCUT2D eigenvalue weighted by Crippen LogP contribution is 2.23. The SMILES string of the molecule is N#Cc1ccc(NC(=O)c2cc3cccc(N)c3[nH]2)c(C(=O)O)c1. The van der Waals surface area contributed by atoms with E-state index in [1.807, 2.05) is 12.1 Å². The molecule has 1 aromatic heterocycles. The number of carbonyl (C=O) groups is 2. The van der Waals surface area contributed by atoms with Crippen molar-refractivity contribution < 1.29 is 14.7 Å². The first-order chi connectivity index (χ1) is 11.5. The Bertz CT molecular complexity index is 1010. The average molecular weight is 320 g/mol. The van der Waals surface area contributed by atoms with Gasteiger partial charge in [-0.15, -0.1) is 0 Å². The molecule has 0 saturated heterocycles. The summed E-state index contributed by atoms with van der Waals surface area (Å²) in [5.74, 6) is -1.74. The fraction of sp³-hybridized carbons (Fsp3) is 0. The Labute approximate surface area is 136 Å². The van der Waals surface area contributed by atoms with Crippen LogP contribution in [0.1, 0.15) is 26.4 Å². The summed E-state index contributed by atoms with van der Waals surface area (Å²) in [6.45, 7) is 0. The lowest BCUT2D eigenvalue weighted by molar-refractivity contribution is 0.0698. The number of nitrogens with two attached hydrogens (primary N) is 1. The van der Waals surface area contributed by atoms with Crippen LogP contribution in [0, 0.1) is 11.3 Å². The molecule has 0 unspecified atom stereocenters. The molecular weight excluding hydrogens is 308 g/mol. The van der Waals surface area contributed by atoms with E-state index in [1.54, 1.807) is 18.2 Å². The Morgan fingerprint density at radius 2 is 2.00 bits per heavy atom. The third-order valence-electron chi connectivity index (χ3n) is 3.56. The number of nitrogen functional groups attached to an aromatic ring is 1. The highest BCUT2D eigenvalue weighted by Gasteiger charge is 2.16. The number of carboxylic acid groups (broad SMARTS) is 1. The van der Waals surface area contributed by atoms with Crippen LogP contribution in [0.15, 0.2) is 42.5 Å². The molecule has 3 rings (SSSR count). The number of H-pyrrole nitrogens is 1. The van der Waals surface area contributed by atoms with Crippen molar-refractivity contribution in [3.8, 4) is 6.07 Å². The normalized spacial score (nSPS) is 10.3. The van der Waals surface area contributed by atoms with Crippen LogP contribution in [-0.2, 0) is 0 Å². The molecule has 118 valence electrons. The second kappa shape index (κ2) is 5.78. The zero-order valence-corrected chi connectivity index (χ0v) is 12.3. The number of nitrogens with one attached hydrogen (secondary N) is 2. The Morgan fingerprint density at radius 3 is 2.67 bits per heavy atom. The third-order valence-corrected chi connectivity index (χ3v) is 3.56. The summed E-state index contributed by atoms with van der Waals surface area (Å²) in [7, 11) is 0. The lowest BCUT2D eigenvalue weighted by Gasteiger charge is -2.07. The van der Waals surface area contributed by atoms with Gasteiger partial charge in [-0.25, -0.2) is 4.79 Å². The zero-order chi connectivity index (χ0) is 17.3. The van der Waals surface area contributed by atoms with Crippen LogP contribution in [0.3, 0.4) is 0 Å². The van der Waals surface area contributed by atoms with E-state index in [0.717, 1.165) is 5.39 Å². The van der Waals surface area contributed by atoms with Crippen LogP contribution < -0.4 is 11.1 Å². The van der Waals surface area contributed by atoms with E-state index >= 15 is 0 Å². The summed E-state index contributed by atoms with van der Waals surface area (Å²) in [5, 5.41) is 21.4. The first-order valence-electron chi connectivity index (χ1n) is 6.95. The molecule has 7 nitrogen and oxygen atoms in total. The third kappa shape index (κ3) is 2.64. The number of hydrogen-bond donors (Lipinski definition) is 4. The molecule has 0 aliphatic rings. The number of fused-ring (bicyclic) bond motifs is 1. The predicted molar refractivity (Wildman–Crippen MR) is 88.8 cm³/mol. The number of aromatic amines is 1. The van der Waals surface area contributed by atoms with E-state index in [-0.39, 0.29) is 22.5 Å². The van der Waals surface area contributed by atoms with E-state index in [9.17, 15) is 14.7 Å². The van der Waals surface area contributed by atoms with Gasteiger partial charge in [0, 0.05) is 5.39 Å². The first kappa shape index (κ1) is 15.1. The van der Waals surface area contributed by atoms with Gasteiger partial charge in [0.15, 0.2) is 0 Å². The van der Waals surface area contributed by atoms with Gasteiger partial charge in [0.1, 0.15) is 5.69 Å². The van der Waals surface area contributed by atoms with Crippen LogP contribution >= 0.6 is 0 Å². The van der Waals surface area contributed by atoms with Gasteiger partial charge in [-0.1, -0.05) is 12.1 Å². The number of carbonyl (C=O) groups excluding carboxylic acids is 1. The Hall–Kier alpha value is -3.79. The van der Waals surface area contributed by atoms with Crippen molar-refractivity contribution in [1.82, 2.24) is 4.98 Å². The van der Waals surface area contributed by atoms with Crippen LogP contribution in [0.2, 0.25) is 0 Å². The minimum Gasteiger partial charge on any atom is -0.478 e. The zero-order valence-electron chi connectivity index (χ0n) is 12.3. The van der Waals surface area contributed by atoms with Crippen molar-refractivity contribution in [2.75, 3.05) is 11.1 Å². The fourth-order valence-electron chi connectivity index (χ4n) is 2.39. The first-order valence-corrected chi connectivity index (χ1v) is 6.95. The number of hydrogen-bond acceptors (Lipinski definition) is 4. The molecular formula is C17H12N4O3. The van der Waals surface area contributed by atoms with Gasteiger partial charge < -0.3 is 21.1 Å². The van der Waals surface area contributed by atoms with E-state index in [2.05, 4.69) is 10.3 Å². The topological polar surface area (TPSA) is 132 Å². The molecule has 24 heavy (non-hydrogen) atoms. The molecule has 5 N–H and O–H groups in total. The number of anilines is 2. The van der Waals surface area contributed by atoms with E-state index in [1.165, 1.54) is 18.2 Å². The predicted octanol–water partition coefficient (Wildman–Crippen LogP) is 2.57. The molecule has 0 radical (unpaired) electrons. The number of amides is 1. The fourth-order valence-corrected chi connectivity index (χ4v) is 2.39. The standard InChI is InChI=1S/C17H12N4O3/c18-8-9-4-5-13(11(6-9)17(23)24)21-16(22)14-7-10-2-1-3-12(19)15(10)20-14/h1-7,20H,19H2,(H,21,22)(H,23,24). The maximum absolute atomic E-state index is 12.4. The molecule has 1 heterocycles. The van der Waals surface area contributed by atoms with E-state index in [0.29, 0.717) is 11.2 Å². The quantitative estimate of drug-likeness (QED) is 0.551. The number of rotatable bonds is 3. The molecule has 0 bridgehead atoms. The lowest BCUT2D eigenvalue weighted by Crippen LogP contribution is -2.15. The molecule has 7 heteroatoms. The summed E-state index contributed by atoms with van der Waals surface area (Å²) in [6.07, 6.45) is 0. The molecule has 1 amide bonds. The van der Waals surface area contributed by atoms with E-state index < -0.39 is 11.9 Å². The van der Waals surface area contributed by atoms with Crippen LogP contribution in [0.4, 0.5) is 11.4 Å². The summed E-state index contributed by atoms with van der Waals surface area (Å²) >= 11 is 0. The molecule has 0 spiro atoms. The summed E-state index contributed by atoms with van der Waals surface area (Å²) in [5.41, 5.74) is 7.40. The van der Waals surface area contributed by atoms with Gasteiger partial charge >= 0.3 is 5.97 Å². The number of para-hydroxylation sites is 1. The number of nitrogens with zero attached hydrogens (tertiary/aromatic N) is 1. The number of carboxylic acids is 1. The molecule has 2 aromatic carbocycles. The minimum absolute atomic E-state index is 0.109. The van der Waals surface area contributed by atoms with Gasteiger partial charge in [-0.05, 0) is 30.3 Å². The van der Waals surface area contributed by atoms with Crippen molar-refractivity contribution in [1.29, 1.82) is 5.26 Å². The molecule has 0 aliphatic carbocycles. The number of nitriles is 1. The van der Waals surface area contributed by atoms with Gasteiger partial charge in [0.2, 0.25) is 0 Å². The lowest BCUT2D eigenvalue weighted by atomic mass is 10.1. The van der Waals surface area contributed by atoms with Crippen molar-refractivity contribution in [2.24, 2.45) is 0 Å². The summed E-state index contributed by atoms with van der Waals surface area (Å²) in [6, 6.07) is 12.8.